The van der Waals surface area contributed by atoms with Gasteiger partial charge in [0.2, 0.25) is 0 Å². The second-order valence-corrected chi connectivity index (χ2v) is 6.69. The minimum absolute atomic E-state index is 0.0343. The molecule has 0 saturated carbocycles. The molecule has 0 aromatic carbocycles. The van der Waals surface area contributed by atoms with Gasteiger partial charge in [-0.15, -0.1) is 0 Å². The predicted octanol–water partition coefficient (Wildman–Crippen LogP) is 1.76. The van der Waals surface area contributed by atoms with Gasteiger partial charge in [0, 0.05) is 28.3 Å². The topological polar surface area (TPSA) is 43.1 Å². The fourth-order valence-corrected chi connectivity index (χ4v) is 2.67. The van der Waals surface area contributed by atoms with Gasteiger partial charge in [-0.3, -0.25) is 4.21 Å². The highest BCUT2D eigenvalue weighted by Crippen LogP contribution is 2.18. The van der Waals surface area contributed by atoms with Gasteiger partial charge in [-0.05, 0) is 11.3 Å². The maximum absolute atomic E-state index is 11.5. The number of rotatable bonds is 4. The molecule has 3 heteroatoms. The lowest BCUT2D eigenvalue weighted by Gasteiger charge is -2.26. The lowest BCUT2D eigenvalue weighted by atomic mass is 9.89. The van der Waals surface area contributed by atoms with Crippen LogP contribution < -0.4 is 5.73 Å². The molecule has 2 atom stereocenters. The average molecular weight is 205 g/mol. The van der Waals surface area contributed by atoms with Crippen molar-refractivity contribution in [3.05, 3.63) is 0 Å². The maximum atomic E-state index is 11.5. The SMILES string of the molecule is CC(C)CS(=O)CC(N)C(C)(C)C. The van der Waals surface area contributed by atoms with Crippen LogP contribution in [0.1, 0.15) is 34.6 Å². The third-order valence-corrected chi connectivity index (χ3v) is 3.77. The van der Waals surface area contributed by atoms with Crippen molar-refractivity contribution in [1.29, 1.82) is 0 Å². The van der Waals surface area contributed by atoms with Gasteiger partial charge in [0.1, 0.15) is 0 Å². The molecule has 0 amide bonds. The van der Waals surface area contributed by atoms with Crippen molar-refractivity contribution in [2.24, 2.45) is 17.1 Å². The lowest BCUT2D eigenvalue weighted by molar-refractivity contribution is 0.342. The molecule has 0 spiro atoms. The van der Waals surface area contributed by atoms with Gasteiger partial charge in [-0.25, -0.2) is 0 Å². The van der Waals surface area contributed by atoms with Crippen molar-refractivity contribution >= 4 is 10.8 Å². The van der Waals surface area contributed by atoms with Crippen LogP contribution in [0.4, 0.5) is 0 Å². The van der Waals surface area contributed by atoms with Crippen molar-refractivity contribution < 1.29 is 4.21 Å². The van der Waals surface area contributed by atoms with Gasteiger partial charge in [-0.1, -0.05) is 34.6 Å². The molecule has 0 aromatic rings. The zero-order valence-corrected chi connectivity index (χ0v) is 10.3. The normalized spacial score (nSPS) is 17.5. The Kier molecular flexibility index (Phi) is 5.15. The summed E-state index contributed by atoms with van der Waals surface area (Å²) >= 11 is 0. The van der Waals surface area contributed by atoms with Gasteiger partial charge in [0.25, 0.3) is 0 Å². The van der Waals surface area contributed by atoms with E-state index < -0.39 is 10.8 Å². The first-order chi connectivity index (χ1) is 5.73. The molecule has 0 aromatic heterocycles. The lowest BCUT2D eigenvalue weighted by Crippen LogP contribution is -2.40. The van der Waals surface area contributed by atoms with Crippen LogP contribution in [0, 0.1) is 11.3 Å². The summed E-state index contributed by atoms with van der Waals surface area (Å²) in [7, 11) is -0.752. The van der Waals surface area contributed by atoms with E-state index in [9.17, 15) is 4.21 Å². The molecule has 13 heavy (non-hydrogen) atoms. The van der Waals surface area contributed by atoms with Crippen LogP contribution in [0.5, 0.6) is 0 Å². The van der Waals surface area contributed by atoms with Gasteiger partial charge >= 0.3 is 0 Å². The number of hydrogen-bond donors (Lipinski definition) is 1. The van der Waals surface area contributed by atoms with Gasteiger partial charge in [0.05, 0.1) is 0 Å². The van der Waals surface area contributed by atoms with E-state index >= 15 is 0 Å². The van der Waals surface area contributed by atoms with Crippen LogP contribution in [0.25, 0.3) is 0 Å². The summed E-state index contributed by atoms with van der Waals surface area (Å²) in [4.78, 5) is 0. The minimum atomic E-state index is -0.752. The van der Waals surface area contributed by atoms with E-state index in [1.807, 2.05) is 0 Å². The molecule has 2 nitrogen and oxygen atoms in total. The van der Waals surface area contributed by atoms with E-state index in [1.54, 1.807) is 0 Å². The molecule has 0 rings (SSSR count). The van der Waals surface area contributed by atoms with Crippen molar-refractivity contribution in [2.75, 3.05) is 11.5 Å². The summed E-state index contributed by atoms with van der Waals surface area (Å²) in [5, 5.41) is 0. The van der Waals surface area contributed by atoms with E-state index in [4.69, 9.17) is 5.73 Å². The van der Waals surface area contributed by atoms with Crippen molar-refractivity contribution in [3.63, 3.8) is 0 Å². The molecule has 0 fully saturated rings. The Morgan fingerprint density at radius 3 is 2.00 bits per heavy atom. The molecular formula is C10H23NOS. The fourth-order valence-electron chi connectivity index (χ4n) is 0.890. The zero-order chi connectivity index (χ0) is 10.6. The predicted molar refractivity (Wildman–Crippen MR) is 60.1 cm³/mol. The van der Waals surface area contributed by atoms with Crippen molar-refractivity contribution in [3.8, 4) is 0 Å². The van der Waals surface area contributed by atoms with Crippen LogP contribution in [-0.2, 0) is 10.8 Å². The molecule has 80 valence electrons. The van der Waals surface area contributed by atoms with Gasteiger partial charge in [-0.2, -0.15) is 0 Å². The molecule has 0 aliphatic carbocycles. The third kappa shape index (κ3) is 6.22. The standard InChI is InChI=1S/C10H23NOS/c1-8(2)6-13(12)7-9(11)10(3,4)5/h8-9H,6-7,11H2,1-5H3. The summed E-state index contributed by atoms with van der Waals surface area (Å²) in [5.41, 5.74) is 6.00. The van der Waals surface area contributed by atoms with E-state index in [-0.39, 0.29) is 11.5 Å². The van der Waals surface area contributed by atoms with Gasteiger partial charge in [0.15, 0.2) is 0 Å². The van der Waals surface area contributed by atoms with Gasteiger partial charge < -0.3 is 5.73 Å². The molecule has 0 saturated heterocycles. The first-order valence-electron chi connectivity index (χ1n) is 4.84. The Bertz CT molecular complexity index is 172. The average Bonchev–Trinajstić information content (AvgIpc) is 1.82. The van der Waals surface area contributed by atoms with Crippen LogP contribution in [0.2, 0.25) is 0 Å². The van der Waals surface area contributed by atoms with E-state index in [0.29, 0.717) is 11.7 Å². The summed E-state index contributed by atoms with van der Waals surface area (Å²) < 4.78 is 11.5. The molecule has 0 bridgehead atoms. The molecule has 0 aliphatic heterocycles. The van der Waals surface area contributed by atoms with Crippen molar-refractivity contribution in [1.82, 2.24) is 0 Å². The third-order valence-electron chi connectivity index (χ3n) is 2.00. The molecule has 0 aliphatic rings. The Morgan fingerprint density at radius 1 is 1.23 bits per heavy atom. The molecule has 2 unspecified atom stereocenters. The maximum Gasteiger partial charge on any atom is 0.0391 e. The second kappa shape index (κ2) is 5.11. The molecular weight excluding hydrogens is 182 g/mol. The highest BCUT2D eigenvalue weighted by Gasteiger charge is 2.22. The van der Waals surface area contributed by atoms with E-state index in [2.05, 4.69) is 34.6 Å². The second-order valence-electron chi connectivity index (χ2n) is 5.14. The first kappa shape index (κ1) is 13.1. The van der Waals surface area contributed by atoms with Crippen LogP contribution >= 0.6 is 0 Å². The molecule has 2 N–H and O–H groups in total. The summed E-state index contributed by atoms with van der Waals surface area (Å²) in [6, 6.07) is 0.0343. The number of nitrogens with two attached hydrogens (primary N) is 1. The summed E-state index contributed by atoms with van der Waals surface area (Å²) in [6.07, 6.45) is 0. The van der Waals surface area contributed by atoms with Crippen LogP contribution in [0.3, 0.4) is 0 Å². The minimum Gasteiger partial charge on any atom is -0.326 e. The van der Waals surface area contributed by atoms with Crippen LogP contribution in [0.15, 0.2) is 0 Å². The fraction of sp³-hybridized carbons (Fsp3) is 1.00. The van der Waals surface area contributed by atoms with Crippen LogP contribution in [-0.4, -0.2) is 21.8 Å². The quantitative estimate of drug-likeness (QED) is 0.760. The first-order valence-corrected chi connectivity index (χ1v) is 6.33. The smallest absolute Gasteiger partial charge is 0.0391 e. The molecule has 0 heterocycles. The highest BCUT2D eigenvalue weighted by atomic mass is 32.2. The highest BCUT2D eigenvalue weighted by molar-refractivity contribution is 7.85. The largest absolute Gasteiger partial charge is 0.326 e. The Hall–Kier alpha value is 0.110. The Morgan fingerprint density at radius 2 is 1.69 bits per heavy atom. The zero-order valence-electron chi connectivity index (χ0n) is 9.46. The molecule has 0 radical (unpaired) electrons. The Labute approximate surface area is 84.7 Å². The number of hydrogen-bond acceptors (Lipinski definition) is 2. The van der Waals surface area contributed by atoms with E-state index in [0.717, 1.165) is 5.75 Å². The monoisotopic (exact) mass is 205 g/mol. The summed E-state index contributed by atoms with van der Waals surface area (Å²) in [6.45, 7) is 10.4. The van der Waals surface area contributed by atoms with Crippen molar-refractivity contribution in [2.45, 2.75) is 40.7 Å². The Balaban J connectivity index is 3.93. The summed E-state index contributed by atoms with van der Waals surface area (Å²) in [5.74, 6) is 1.89. The van der Waals surface area contributed by atoms with E-state index in [1.165, 1.54) is 0 Å².